The lowest BCUT2D eigenvalue weighted by atomic mass is 9.80. The highest BCUT2D eigenvalue weighted by molar-refractivity contribution is 8.00. The van der Waals surface area contributed by atoms with Gasteiger partial charge in [0.15, 0.2) is 0 Å². The maximum absolute atomic E-state index is 14.6. The molecule has 286 valence electrons. The predicted molar refractivity (Wildman–Crippen MR) is 193 cm³/mol. The Labute approximate surface area is 306 Å². The second-order valence-corrected chi connectivity index (χ2v) is 17.5. The van der Waals surface area contributed by atoms with E-state index in [1.165, 1.54) is 0 Å². The van der Waals surface area contributed by atoms with Crippen LogP contribution < -0.4 is 32.1 Å². The Balaban J connectivity index is 1.12. The van der Waals surface area contributed by atoms with E-state index < -0.39 is 29.5 Å². The topological polar surface area (TPSA) is 176 Å². The van der Waals surface area contributed by atoms with Gasteiger partial charge in [0.1, 0.15) is 17.6 Å². The molecule has 7 rings (SSSR count). The molecule has 7 N–H and O–H groups in total. The summed E-state index contributed by atoms with van der Waals surface area (Å²) in [5, 5.41) is 25.3. The zero-order chi connectivity index (χ0) is 35.5. The van der Waals surface area contributed by atoms with Crippen LogP contribution in [0.4, 0.5) is 4.79 Å². The van der Waals surface area contributed by atoms with Crippen LogP contribution in [0.1, 0.15) is 109 Å². The molecule has 3 saturated carbocycles. The van der Waals surface area contributed by atoms with Crippen molar-refractivity contribution in [3.63, 3.8) is 0 Å². The average molecular weight is 733 g/mol. The molecule has 0 aromatic heterocycles. The van der Waals surface area contributed by atoms with Crippen LogP contribution in [0.5, 0.6) is 0 Å². The van der Waals surface area contributed by atoms with E-state index in [1.54, 1.807) is 12.0 Å². The molecule has 14 nitrogen and oxygen atoms in total. The molecular formula is C36H60N8O6S. The Morgan fingerprint density at radius 3 is 2.31 bits per heavy atom. The number of nitrogens with zero attached hydrogens (tertiary/aromatic N) is 2. The molecule has 8 atom stereocenters. The first-order valence-electron chi connectivity index (χ1n) is 19.9. The highest BCUT2D eigenvalue weighted by Crippen LogP contribution is 2.47. The number of hydrogen-bond donors (Lipinski definition) is 7. The molecule has 7 fully saturated rings. The van der Waals surface area contributed by atoms with Gasteiger partial charge in [0, 0.05) is 38.0 Å². The third kappa shape index (κ3) is 8.33. The molecule has 3 aliphatic carbocycles. The number of carbonyl (C=O) groups is 4. The van der Waals surface area contributed by atoms with E-state index in [0.717, 1.165) is 102 Å². The molecule has 0 aromatic rings. The van der Waals surface area contributed by atoms with E-state index in [4.69, 9.17) is 4.74 Å². The van der Waals surface area contributed by atoms with Gasteiger partial charge in [0.2, 0.25) is 11.8 Å². The third-order valence-electron chi connectivity index (χ3n) is 13.0. The largest absolute Gasteiger partial charge is 0.479 e. The summed E-state index contributed by atoms with van der Waals surface area (Å²) in [6.45, 7) is 1.24. The summed E-state index contributed by atoms with van der Waals surface area (Å²) in [4.78, 5) is 56.3. The number of carboxylic acid groups (broad SMARTS) is 1. The van der Waals surface area contributed by atoms with Crippen LogP contribution >= 0.6 is 11.8 Å². The monoisotopic (exact) mass is 732 g/mol. The number of aliphatic carboxylic acids is 1. The Morgan fingerprint density at radius 1 is 0.902 bits per heavy atom. The van der Waals surface area contributed by atoms with Crippen molar-refractivity contribution in [2.24, 2.45) is 11.8 Å². The van der Waals surface area contributed by atoms with Crippen molar-refractivity contribution < 1.29 is 29.0 Å². The van der Waals surface area contributed by atoms with Crippen molar-refractivity contribution in [1.82, 2.24) is 42.1 Å². The van der Waals surface area contributed by atoms with Crippen molar-refractivity contribution in [3.05, 3.63) is 0 Å². The van der Waals surface area contributed by atoms with Gasteiger partial charge in [-0.3, -0.25) is 9.59 Å². The second-order valence-electron chi connectivity index (χ2n) is 16.3. The van der Waals surface area contributed by atoms with Crippen molar-refractivity contribution >= 4 is 35.6 Å². The van der Waals surface area contributed by atoms with E-state index in [-0.39, 0.29) is 53.9 Å². The number of methoxy groups -OCH3 is 1. The maximum Gasteiger partial charge on any atom is 0.329 e. The first-order valence-corrected chi connectivity index (χ1v) is 20.9. The molecule has 51 heavy (non-hydrogen) atoms. The van der Waals surface area contributed by atoms with Gasteiger partial charge in [-0.1, -0.05) is 44.9 Å². The lowest BCUT2D eigenvalue weighted by Crippen LogP contribution is -2.57. The smallest absolute Gasteiger partial charge is 0.329 e. The molecular weight excluding hydrogens is 673 g/mol. The fourth-order valence-electron chi connectivity index (χ4n) is 9.87. The zero-order valence-electron chi connectivity index (χ0n) is 30.2. The number of urea groups is 1. The van der Waals surface area contributed by atoms with E-state index >= 15 is 0 Å². The highest BCUT2D eigenvalue weighted by Gasteiger charge is 2.62. The number of amides is 4. The molecule has 4 heterocycles. The second kappa shape index (κ2) is 16.5. The van der Waals surface area contributed by atoms with Crippen molar-refractivity contribution in [3.8, 4) is 0 Å². The van der Waals surface area contributed by atoms with Gasteiger partial charge in [-0.05, 0) is 76.0 Å². The minimum atomic E-state index is -1.28. The summed E-state index contributed by atoms with van der Waals surface area (Å²) >= 11 is 1.93. The first-order chi connectivity index (χ1) is 24.8. The van der Waals surface area contributed by atoms with Crippen molar-refractivity contribution in [2.75, 3.05) is 26.0 Å². The molecule has 4 saturated heterocycles. The minimum absolute atomic E-state index is 0.104. The summed E-state index contributed by atoms with van der Waals surface area (Å²) in [6.07, 6.45) is 15.1. The molecule has 4 amide bonds. The lowest BCUT2D eigenvalue weighted by Gasteiger charge is -2.35. The van der Waals surface area contributed by atoms with Gasteiger partial charge >= 0.3 is 12.0 Å². The molecule has 4 aliphatic heterocycles. The van der Waals surface area contributed by atoms with Crippen LogP contribution in [0.2, 0.25) is 0 Å². The molecule has 3 unspecified atom stereocenters. The van der Waals surface area contributed by atoms with Gasteiger partial charge in [0.25, 0.3) is 0 Å². The van der Waals surface area contributed by atoms with Gasteiger partial charge in [-0.15, -0.1) is 11.8 Å². The number of hydrogen-bond acceptors (Lipinski definition) is 10. The van der Waals surface area contributed by atoms with Crippen LogP contribution in [-0.2, 0) is 19.1 Å². The average Bonchev–Trinajstić information content (AvgIpc) is 3.77. The van der Waals surface area contributed by atoms with Crippen LogP contribution in [0.25, 0.3) is 0 Å². The Kier molecular flexibility index (Phi) is 12.0. The van der Waals surface area contributed by atoms with Gasteiger partial charge < -0.3 is 36.0 Å². The van der Waals surface area contributed by atoms with E-state index in [1.807, 2.05) is 16.9 Å². The number of hydrazine groups is 2. The minimum Gasteiger partial charge on any atom is -0.479 e. The number of thioether (sulfide) groups is 1. The normalized spacial score (nSPS) is 40.2. The fraction of sp³-hybridized carbons (Fsp3) is 0.889. The Morgan fingerprint density at radius 2 is 1.61 bits per heavy atom. The molecule has 15 heteroatoms. The van der Waals surface area contributed by atoms with Crippen LogP contribution in [0, 0.1) is 11.8 Å². The third-order valence-corrected chi connectivity index (χ3v) is 14.3. The summed E-state index contributed by atoms with van der Waals surface area (Å²) < 4.78 is 5.67. The SMILES string of the molecule is COC1CCC(C2NN([C@@H]3C[C@H]4C(=O)N[C@@]5(C(=O)O)C[C@H]5CCCCCCC[C@@H](NC(=O)NC5CCCC5)C(=O)N4C3)NC2C2NCCS2)CC1. The standard InChI is InChI=1S/C36H60N8O6S/c1-50-26-15-13-22(14-16-26)29-30(32-37-17-18-51-32)42-44(41-29)25-19-28-31(45)40-36(34(47)48)20-23(36)9-5-3-2-4-6-12-27(33(46)43(28)21-25)39-35(49)38-24-10-7-8-11-24/h22-30,32,37,41-42H,2-21H2,1H3,(H,40,45)(H,47,48)(H2,38,39,49)/t22?,23-,25-,26?,27-,28+,29?,30?,32?,36+/m1/s1. The number of carboxylic acids is 1. The number of carbonyl (C=O) groups excluding carboxylic acids is 3. The lowest BCUT2D eigenvalue weighted by molar-refractivity contribution is -0.145. The Bertz CT molecular complexity index is 1260. The summed E-state index contributed by atoms with van der Waals surface area (Å²) in [6, 6.07) is -1.79. The van der Waals surface area contributed by atoms with Gasteiger partial charge in [0.05, 0.1) is 23.6 Å². The first kappa shape index (κ1) is 37.2. The molecule has 0 bridgehead atoms. The van der Waals surface area contributed by atoms with E-state index in [0.29, 0.717) is 31.3 Å². The molecule has 0 aromatic carbocycles. The van der Waals surface area contributed by atoms with Crippen LogP contribution in [-0.4, -0.2) is 118 Å². The summed E-state index contributed by atoms with van der Waals surface area (Å²) in [5.41, 5.74) is 6.31. The van der Waals surface area contributed by atoms with Gasteiger partial charge in [-0.2, -0.15) is 5.12 Å². The quantitative estimate of drug-likeness (QED) is 0.204. The van der Waals surface area contributed by atoms with Crippen molar-refractivity contribution in [2.45, 2.75) is 162 Å². The molecule has 0 radical (unpaired) electrons. The number of nitrogens with one attached hydrogen (secondary N) is 6. The predicted octanol–water partition coefficient (Wildman–Crippen LogP) is 2.20. The van der Waals surface area contributed by atoms with E-state index in [2.05, 4.69) is 32.1 Å². The van der Waals surface area contributed by atoms with Crippen molar-refractivity contribution in [1.29, 1.82) is 0 Å². The highest BCUT2D eigenvalue weighted by atomic mass is 32.2. The number of rotatable bonds is 7. The Hall–Kier alpha value is -2.17. The van der Waals surface area contributed by atoms with Crippen LogP contribution in [0.15, 0.2) is 0 Å². The fourth-order valence-corrected chi connectivity index (χ4v) is 11.0. The van der Waals surface area contributed by atoms with Crippen LogP contribution in [0.3, 0.4) is 0 Å². The number of ether oxygens (including phenoxy) is 1. The number of fused-ring (bicyclic) bond motifs is 2. The van der Waals surface area contributed by atoms with E-state index in [9.17, 15) is 24.3 Å². The molecule has 0 spiro atoms. The summed E-state index contributed by atoms with van der Waals surface area (Å²) in [7, 11) is 1.79. The maximum atomic E-state index is 14.6. The van der Waals surface area contributed by atoms with Gasteiger partial charge in [-0.25, -0.2) is 20.4 Å². The summed E-state index contributed by atoms with van der Waals surface area (Å²) in [5.74, 6) is -0.296. The molecule has 7 aliphatic rings. The zero-order valence-corrected chi connectivity index (χ0v) is 31.0.